The molecule has 1 heterocycles. The van der Waals surface area contributed by atoms with Crippen LogP contribution in [0, 0.1) is 0 Å². The number of hydrogen-bond donors (Lipinski definition) is 2. The van der Waals surface area contributed by atoms with Gasteiger partial charge in [-0.05, 0) is 19.2 Å². The summed E-state index contributed by atoms with van der Waals surface area (Å²) in [5, 5.41) is 4.72. The standard InChI is InChI=1S/C13H16ClN3O2S2/c1-15-21(18,19)7-6-16-8-12-9-17-13(20-12)10-2-4-11(14)5-3-10/h2-5,9,15-16H,6-8H2,1H3. The second-order valence-electron chi connectivity index (χ2n) is 4.34. The lowest BCUT2D eigenvalue weighted by Gasteiger charge is -2.03. The molecule has 0 amide bonds. The molecule has 8 heteroatoms. The normalized spacial score (nSPS) is 11.7. The fourth-order valence-corrected chi connectivity index (χ4v) is 3.27. The van der Waals surface area contributed by atoms with E-state index in [0.29, 0.717) is 18.1 Å². The van der Waals surface area contributed by atoms with E-state index in [-0.39, 0.29) is 5.75 Å². The van der Waals surface area contributed by atoms with Crippen LogP contribution in [0.15, 0.2) is 30.5 Å². The molecule has 0 spiro atoms. The highest BCUT2D eigenvalue weighted by Gasteiger charge is 2.07. The summed E-state index contributed by atoms with van der Waals surface area (Å²) in [7, 11) is -1.74. The zero-order chi connectivity index (χ0) is 15.3. The predicted molar refractivity (Wildman–Crippen MR) is 87.1 cm³/mol. The van der Waals surface area contributed by atoms with E-state index in [0.717, 1.165) is 15.4 Å². The van der Waals surface area contributed by atoms with Crippen LogP contribution in [-0.2, 0) is 16.6 Å². The minimum atomic E-state index is -3.15. The van der Waals surface area contributed by atoms with Crippen LogP contribution >= 0.6 is 22.9 Å². The first-order chi connectivity index (χ1) is 10.00. The topological polar surface area (TPSA) is 71.1 Å². The molecule has 2 rings (SSSR count). The first-order valence-electron chi connectivity index (χ1n) is 6.33. The van der Waals surface area contributed by atoms with E-state index < -0.39 is 10.0 Å². The molecule has 0 bridgehead atoms. The molecule has 0 saturated carbocycles. The lowest BCUT2D eigenvalue weighted by molar-refractivity contribution is 0.583. The first-order valence-corrected chi connectivity index (χ1v) is 9.17. The summed E-state index contributed by atoms with van der Waals surface area (Å²) in [5.74, 6) is 0.0619. The van der Waals surface area contributed by atoms with Crippen molar-refractivity contribution in [3.05, 3.63) is 40.4 Å². The summed E-state index contributed by atoms with van der Waals surface area (Å²) in [6.45, 7) is 1.00. The number of nitrogens with one attached hydrogen (secondary N) is 2. The van der Waals surface area contributed by atoms with E-state index in [1.807, 2.05) is 24.3 Å². The third-order valence-electron chi connectivity index (χ3n) is 2.80. The molecule has 1 aromatic heterocycles. The number of halogens is 1. The Balaban J connectivity index is 1.87. The van der Waals surface area contributed by atoms with Crippen LogP contribution in [0.4, 0.5) is 0 Å². The van der Waals surface area contributed by atoms with Gasteiger partial charge in [-0.1, -0.05) is 23.7 Å². The molecule has 0 radical (unpaired) electrons. The smallest absolute Gasteiger partial charge is 0.212 e. The van der Waals surface area contributed by atoms with Crippen molar-refractivity contribution in [2.45, 2.75) is 6.54 Å². The fourth-order valence-electron chi connectivity index (χ4n) is 1.64. The van der Waals surface area contributed by atoms with E-state index >= 15 is 0 Å². The maximum absolute atomic E-state index is 11.3. The number of thiazole rings is 1. The Kier molecular flexibility index (Phi) is 5.72. The highest BCUT2D eigenvalue weighted by Crippen LogP contribution is 2.26. The van der Waals surface area contributed by atoms with Gasteiger partial charge in [-0.15, -0.1) is 11.3 Å². The predicted octanol–water partition coefficient (Wildman–Crippen LogP) is 2.10. The van der Waals surface area contributed by atoms with E-state index in [2.05, 4.69) is 15.0 Å². The van der Waals surface area contributed by atoms with Gasteiger partial charge in [-0.2, -0.15) is 0 Å². The van der Waals surface area contributed by atoms with Gasteiger partial charge in [0.25, 0.3) is 0 Å². The van der Waals surface area contributed by atoms with Crippen LogP contribution in [-0.4, -0.2) is 32.7 Å². The molecule has 0 fully saturated rings. The Morgan fingerprint density at radius 1 is 1.29 bits per heavy atom. The second-order valence-corrected chi connectivity index (χ2v) is 7.94. The maximum atomic E-state index is 11.3. The lowest BCUT2D eigenvalue weighted by Crippen LogP contribution is -2.29. The van der Waals surface area contributed by atoms with Crippen molar-refractivity contribution in [1.29, 1.82) is 0 Å². The van der Waals surface area contributed by atoms with Gasteiger partial charge in [0.15, 0.2) is 0 Å². The molecule has 2 N–H and O–H groups in total. The van der Waals surface area contributed by atoms with E-state index in [9.17, 15) is 8.42 Å². The molecule has 0 aliphatic carbocycles. The summed E-state index contributed by atoms with van der Waals surface area (Å²) < 4.78 is 24.8. The molecule has 0 aliphatic rings. The average molecular weight is 346 g/mol. The van der Waals surface area contributed by atoms with Gasteiger partial charge in [-0.3, -0.25) is 0 Å². The maximum Gasteiger partial charge on any atom is 0.212 e. The Labute approximate surface area is 133 Å². The number of nitrogens with zero attached hydrogens (tertiary/aromatic N) is 1. The quantitative estimate of drug-likeness (QED) is 0.754. The van der Waals surface area contributed by atoms with Gasteiger partial charge in [0.1, 0.15) is 5.01 Å². The highest BCUT2D eigenvalue weighted by atomic mass is 35.5. The van der Waals surface area contributed by atoms with Crippen LogP contribution in [0.1, 0.15) is 4.88 Å². The van der Waals surface area contributed by atoms with Gasteiger partial charge < -0.3 is 5.32 Å². The minimum Gasteiger partial charge on any atom is -0.311 e. The van der Waals surface area contributed by atoms with Gasteiger partial charge >= 0.3 is 0 Å². The van der Waals surface area contributed by atoms with E-state index in [4.69, 9.17) is 11.6 Å². The van der Waals surface area contributed by atoms with E-state index in [1.165, 1.54) is 7.05 Å². The van der Waals surface area contributed by atoms with E-state index in [1.54, 1.807) is 17.5 Å². The van der Waals surface area contributed by atoms with Crippen molar-refractivity contribution >= 4 is 33.0 Å². The third kappa shape index (κ3) is 5.05. The molecule has 21 heavy (non-hydrogen) atoms. The van der Waals surface area contributed by atoms with Gasteiger partial charge in [-0.25, -0.2) is 18.1 Å². The molecule has 0 unspecified atom stereocenters. The molecule has 1 aromatic carbocycles. The first kappa shape index (κ1) is 16.4. The third-order valence-corrected chi connectivity index (χ3v) is 5.46. The number of aromatic nitrogens is 1. The summed E-state index contributed by atoms with van der Waals surface area (Å²) >= 11 is 7.43. The number of sulfonamides is 1. The Bertz CT molecular complexity index is 684. The van der Waals surface area contributed by atoms with Gasteiger partial charge in [0, 0.05) is 34.7 Å². The lowest BCUT2D eigenvalue weighted by atomic mass is 10.2. The molecular formula is C13H16ClN3O2S2. The largest absolute Gasteiger partial charge is 0.311 e. The minimum absolute atomic E-state index is 0.0619. The Morgan fingerprint density at radius 2 is 2.00 bits per heavy atom. The zero-order valence-electron chi connectivity index (χ0n) is 11.5. The summed E-state index contributed by atoms with van der Waals surface area (Å²) in [5.41, 5.74) is 1.02. The van der Waals surface area contributed by atoms with Crippen molar-refractivity contribution in [1.82, 2.24) is 15.0 Å². The van der Waals surface area contributed by atoms with Crippen molar-refractivity contribution in [2.75, 3.05) is 19.3 Å². The molecule has 5 nitrogen and oxygen atoms in total. The van der Waals surface area contributed by atoms with Crippen LogP contribution in [0.5, 0.6) is 0 Å². The molecule has 2 aromatic rings. The summed E-state index contributed by atoms with van der Waals surface area (Å²) in [6.07, 6.45) is 1.80. The molecule has 0 saturated heterocycles. The SMILES string of the molecule is CNS(=O)(=O)CCNCc1cnc(-c2ccc(Cl)cc2)s1. The number of hydrogen-bond acceptors (Lipinski definition) is 5. The molecule has 0 atom stereocenters. The second kappa shape index (κ2) is 7.33. The molecule has 0 aliphatic heterocycles. The van der Waals surface area contributed by atoms with Crippen molar-refractivity contribution in [2.24, 2.45) is 0 Å². The average Bonchev–Trinajstić information content (AvgIpc) is 2.93. The molecular weight excluding hydrogens is 330 g/mol. The van der Waals surface area contributed by atoms with Crippen LogP contribution in [0.25, 0.3) is 10.6 Å². The summed E-state index contributed by atoms with van der Waals surface area (Å²) in [6, 6.07) is 7.52. The Morgan fingerprint density at radius 3 is 2.67 bits per heavy atom. The van der Waals surface area contributed by atoms with Crippen molar-refractivity contribution in [3.63, 3.8) is 0 Å². The van der Waals surface area contributed by atoms with Gasteiger partial charge in [0.05, 0.1) is 5.75 Å². The van der Waals surface area contributed by atoms with Crippen molar-refractivity contribution < 1.29 is 8.42 Å². The van der Waals surface area contributed by atoms with Crippen molar-refractivity contribution in [3.8, 4) is 10.6 Å². The van der Waals surface area contributed by atoms with Crippen LogP contribution < -0.4 is 10.0 Å². The zero-order valence-corrected chi connectivity index (χ0v) is 13.9. The number of rotatable bonds is 7. The number of benzene rings is 1. The highest BCUT2D eigenvalue weighted by molar-refractivity contribution is 7.89. The monoisotopic (exact) mass is 345 g/mol. The van der Waals surface area contributed by atoms with Gasteiger partial charge in [0.2, 0.25) is 10.0 Å². The Hall–Kier alpha value is -0.990. The van der Waals surface area contributed by atoms with Crippen LogP contribution in [0.2, 0.25) is 5.02 Å². The molecule has 114 valence electrons. The van der Waals surface area contributed by atoms with Crippen LogP contribution in [0.3, 0.4) is 0 Å². The fraction of sp³-hybridized carbons (Fsp3) is 0.308. The summed E-state index contributed by atoms with van der Waals surface area (Å²) in [4.78, 5) is 5.42.